The number of nitrogens with zero attached hydrogens (tertiary/aromatic N) is 1. The Morgan fingerprint density at radius 2 is 2.06 bits per heavy atom. The molecule has 2 aromatic rings. The van der Waals surface area contributed by atoms with Gasteiger partial charge in [-0.15, -0.1) is 0 Å². The van der Waals surface area contributed by atoms with E-state index in [4.69, 9.17) is 19.7 Å². The maximum absolute atomic E-state index is 5.55. The van der Waals surface area contributed by atoms with Crippen LogP contribution >= 0.6 is 0 Å². The summed E-state index contributed by atoms with van der Waals surface area (Å²) in [6, 6.07) is 3.65. The Morgan fingerprint density at radius 1 is 1.24 bits per heavy atom. The zero-order valence-corrected chi connectivity index (χ0v) is 9.61. The first-order valence-electron chi connectivity index (χ1n) is 5.29. The van der Waals surface area contributed by atoms with E-state index < -0.39 is 0 Å². The van der Waals surface area contributed by atoms with Crippen LogP contribution in [0.4, 0.5) is 5.88 Å². The number of nitrogen functional groups attached to an aromatic ring is 1. The second kappa shape index (κ2) is 3.41. The summed E-state index contributed by atoms with van der Waals surface area (Å²) in [6.45, 7) is 4.26. The van der Waals surface area contributed by atoms with Crippen molar-refractivity contribution in [2.24, 2.45) is 0 Å². The molecule has 0 fully saturated rings. The summed E-state index contributed by atoms with van der Waals surface area (Å²) in [6.07, 6.45) is 0. The number of rotatable bonds is 1. The van der Waals surface area contributed by atoms with E-state index in [1.54, 1.807) is 6.07 Å². The number of anilines is 1. The summed E-state index contributed by atoms with van der Waals surface area (Å²) >= 11 is 0. The average molecular weight is 232 g/mol. The lowest BCUT2D eigenvalue weighted by molar-refractivity contribution is 0.174. The molecule has 3 rings (SSSR count). The first kappa shape index (κ1) is 10.0. The van der Waals surface area contributed by atoms with Crippen molar-refractivity contribution >= 4 is 5.88 Å². The van der Waals surface area contributed by atoms with E-state index in [9.17, 15) is 0 Å². The maximum atomic E-state index is 5.55. The van der Waals surface area contributed by atoms with Crippen LogP contribution in [-0.2, 0) is 0 Å². The third kappa shape index (κ3) is 1.43. The molecule has 0 bridgehead atoms. The normalized spacial score (nSPS) is 13.1. The van der Waals surface area contributed by atoms with Crippen LogP contribution in [0.5, 0.6) is 11.5 Å². The smallest absolute Gasteiger partial charge is 0.231 e. The topological polar surface area (TPSA) is 70.5 Å². The molecule has 0 saturated carbocycles. The third-order valence-corrected chi connectivity index (χ3v) is 2.97. The Morgan fingerprint density at radius 3 is 2.76 bits per heavy atom. The van der Waals surface area contributed by atoms with Crippen molar-refractivity contribution in [3.63, 3.8) is 0 Å². The molecule has 0 unspecified atom stereocenters. The first-order valence-corrected chi connectivity index (χ1v) is 5.29. The van der Waals surface area contributed by atoms with E-state index in [1.165, 1.54) is 0 Å². The van der Waals surface area contributed by atoms with Gasteiger partial charge < -0.3 is 19.7 Å². The molecule has 0 aliphatic carbocycles. The largest absolute Gasteiger partial charge is 0.454 e. The summed E-state index contributed by atoms with van der Waals surface area (Å²) in [5.74, 6) is 1.74. The number of ether oxygens (including phenoxy) is 2. The Hall–Kier alpha value is -2.17. The molecule has 1 aromatic carbocycles. The number of benzene rings is 1. The Kier molecular flexibility index (Phi) is 2.01. The van der Waals surface area contributed by atoms with Crippen molar-refractivity contribution in [3.05, 3.63) is 23.3 Å². The lowest BCUT2D eigenvalue weighted by Gasteiger charge is -2.09. The molecule has 5 heteroatoms. The highest BCUT2D eigenvalue weighted by atomic mass is 16.7. The quantitative estimate of drug-likeness (QED) is 0.816. The zero-order chi connectivity index (χ0) is 12.0. The van der Waals surface area contributed by atoms with Gasteiger partial charge in [0.05, 0.1) is 5.56 Å². The Bertz CT molecular complexity index is 590. The van der Waals surface area contributed by atoms with Gasteiger partial charge in [0.1, 0.15) is 5.69 Å². The molecule has 1 aliphatic rings. The van der Waals surface area contributed by atoms with Gasteiger partial charge in [0.15, 0.2) is 11.5 Å². The minimum Gasteiger partial charge on any atom is -0.454 e. The molecule has 88 valence electrons. The molecule has 0 radical (unpaired) electrons. The van der Waals surface area contributed by atoms with Crippen LogP contribution in [0.15, 0.2) is 16.7 Å². The van der Waals surface area contributed by atoms with Gasteiger partial charge >= 0.3 is 0 Å². The Labute approximate surface area is 98.1 Å². The summed E-state index contributed by atoms with van der Waals surface area (Å²) in [7, 11) is 0. The number of aromatic nitrogens is 1. The molecular weight excluding hydrogens is 220 g/mol. The van der Waals surface area contributed by atoms with Crippen molar-refractivity contribution in [3.8, 4) is 22.8 Å². The summed E-state index contributed by atoms with van der Waals surface area (Å²) in [5, 5.41) is 3.93. The predicted molar refractivity (Wildman–Crippen MR) is 61.9 cm³/mol. The Balaban J connectivity index is 2.28. The number of hydrogen-bond acceptors (Lipinski definition) is 5. The van der Waals surface area contributed by atoms with Crippen LogP contribution in [0.25, 0.3) is 11.3 Å². The highest BCUT2D eigenvalue weighted by Crippen LogP contribution is 2.44. The summed E-state index contributed by atoms with van der Waals surface area (Å²) in [5.41, 5.74) is 9.31. The predicted octanol–water partition coefficient (Wildman–Crippen LogP) is 2.27. The van der Waals surface area contributed by atoms with Gasteiger partial charge in [-0.1, -0.05) is 5.16 Å². The van der Waals surface area contributed by atoms with Crippen molar-refractivity contribution in [1.29, 1.82) is 0 Å². The van der Waals surface area contributed by atoms with Gasteiger partial charge in [-0.05, 0) is 31.0 Å². The van der Waals surface area contributed by atoms with Gasteiger partial charge in [0.25, 0.3) is 0 Å². The second-order valence-corrected chi connectivity index (χ2v) is 4.04. The minimum atomic E-state index is 0.235. The van der Waals surface area contributed by atoms with E-state index in [1.807, 2.05) is 19.9 Å². The SMILES string of the molecule is Cc1cc2c(c(-c3cc(N)on3)c1C)OCO2. The minimum absolute atomic E-state index is 0.235. The fourth-order valence-corrected chi connectivity index (χ4v) is 1.98. The monoisotopic (exact) mass is 232 g/mol. The van der Waals surface area contributed by atoms with E-state index in [0.29, 0.717) is 11.4 Å². The van der Waals surface area contributed by atoms with Gasteiger partial charge in [-0.3, -0.25) is 0 Å². The van der Waals surface area contributed by atoms with E-state index in [2.05, 4.69) is 5.16 Å². The fourth-order valence-electron chi connectivity index (χ4n) is 1.98. The van der Waals surface area contributed by atoms with Crippen LogP contribution in [0.3, 0.4) is 0 Å². The molecule has 2 N–H and O–H groups in total. The van der Waals surface area contributed by atoms with E-state index >= 15 is 0 Å². The second-order valence-electron chi connectivity index (χ2n) is 4.04. The number of fused-ring (bicyclic) bond motifs is 1. The molecule has 5 nitrogen and oxygen atoms in total. The molecule has 0 atom stereocenters. The van der Waals surface area contributed by atoms with Crippen LogP contribution in [0, 0.1) is 13.8 Å². The van der Waals surface area contributed by atoms with Gasteiger partial charge in [-0.2, -0.15) is 0 Å². The lowest BCUT2D eigenvalue weighted by atomic mass is 9.99. The van der Waals surface area contributed by atoms with Crippen molar-refractivity contribution < 1.29 is 14.0 Å². The van der Waals surface area contributed by atoms with Crippen LogP contribution < -0.4 is 15.2 Å². The third-order valence-electron chi connectivity index (χ3n) is 2.97. The molecule has 1 aliphatic heterocycles. The average Bonchev–Trinajstić information content (AvgIpc) is 2.89. The first-order chi connectivity index (χ1) is 8.16. The molecule has 0 saturated heterocycles. The summed E-state index contributed by atoms with van der Waals surface area (Å²) in [4.78, 5) is 0. The standard InChI is InChI=1S/C12H12N2O3/c1-6-3-9-12(16-5-15-9)11(7(6)2)8-4-10(13)17-14-8/h3-4H,5,13H2,1-2H3. The van der Waals surface area contributed by atoms with E-state index in [-0.39, 0.29) is 12.7 Å². The maximum Gasteiger partial charge on any atom is 0.231 e. The molecule has 17 heavy (non-hydrogen) atoms. The van der Waals surface area contributed by atoms with Crippen LogP contribution in [0.2, 0.25) is 0 Å². The van der Waals surface area contributed by atoms with E-state index in [0.717, 1.165) is 22.4 Å². The van der Waals surface area contributed by atoms with Crippen molar-refractivity contribution in [2.45, 2.75) is 13.8 Å². The number of hydrogen-bond donors (Lipinski definition) is 1. The van der Waals surface area contributed by atoms with Gasteiger partial charge in [0, 0.05) is 6.07 Å². The van der Waals surface area contributed by atoms with Crippen molar-refractivity contribution in [2.75, 3.05) is 12.5 Å². The highest BCUT2D eigenvalue weighted by Gasteiger charge is 2.24. The molecule has 2 heterocycles. The molecule has 1 aromatic heterocycles. The molecular formula is C12H12N2O3. The van der Waals surface area contributed by atoms with Gasteiger partial charge in [0.2, 0.25) is 12.7 Å². The number of nitrogens with two attached hydrogens (primary N) is 1. The van der Waals surface area contributed by atoms with Gasteiger partial charge in [-0.25, -0.2) is 0 Å². The molecule has 0 amide bonds. The van der Waals surface area contributed by atoms with Crippen molar-refractivity contribution in [1.82, 2.24) is 5.16 Å². The summed E-state index contributed by atoms with van der Waals surface area (Å²) < 4.78 is 15.8. The molecule has 0 spiro atoms. The van der Waals surface area contributed by atoms with Crippen LogP contribution in [0.1, 0.15) is 11.1 Å². The highest BCUT2D eigenvalue weighted by molar-refractivity contribution is 5.77. The van der Waals surface area contributed by atoms with Crippen LogP contribution in [-0.4, -0.2) is 11.9 Å². The zero-order valence-electron chi connectivity index (χ0n) is 9.61. The number of aryl methyl sites for hydroxylation is 1. The lowest BCUT2D eigenvalue weighted by Crippen LogP contribution is -1.94. The fraction of sp³-hybridized carbons (Fsp3) is 0.250.